The van der Waals surface area contributed by atoms with E-state index in [0.717, 1.165) is 61.0 Å². The molecule has 3 aliphatic heterocycles. The van der Waals surface area contributed by atoms with E-state index in [-0.39, 0.29) is 53.8 Å². The summed E-state index contributed by atoms with van der Waals surface area (Å²) in [6.45, 7) is 5.93. The monoisotopic (exact) mass is 1430 g/mol. The molecule has 18 nitrogen and oxygen atoms in total. The summed E-state index contributed by atoms with van der Waals surface area (Å²) >= 11 is 0. The van der Waals surface area contributed by atoms with Gasteiger partial charge >= 0.3 is 18.5 Å². The standard InChI is InChI=1S/C26H25F3N2O4.C25H24F3N3O3.C25H21F3N2O4/c1-3-25(4-2)13-16(20-8-6-18(26(27,28)29)11-22(20)35-25)10-23(33)30-19-7-5-15-9-17(14-32)24(34)31-21(15)12-19;1-3-31(2)21-11-16-6-8-18(14-20(16)30-24(21)33)29-23(32)12-15-5-4-10-34-22-13-17(25(26,27)28)7-9-19(15)22;26-25(27,28)17-3-5-19-15(12-24(6-1-7-24)34-21(19)10-17)9-22(32)29-18-4-2-14-8-16(13-31)23(33)30-20(14)11-18/h5-12,32H,3-4,13-14H2,1-2H3,(H,30,33)(H,31,34);6-9,11-14H,3-5,10H2,1-2H3,(H,29,32)(H,30,33);2-5,8-11,31H,1,6-7,12-13H2,(H,29,32)(H,30,33)/b16-10+;15-12+;15-9+. The number of aliphatic hydroxyl groups is 2. The highest BCUT2D eigenvalue weighted by molar-refractivity contribution is 6.07. The van der Waals surface area contributed by atoms with E-state index in [1.807, 2.05) is 32.7 Å². The number of halogens is 9. The Morgan fingerprint density at radius 2 is 0.913 bits per heavy atom. The van der Waals surface area contributed by atoms with Crippen molar-refractivity contribution < 1.29 is 78.3 Å². The molecule has 103 heavy (non-hydrogen) atoms. The molecule has 1 saturated carbocycles. The first-order chi connectivity index (χ1) is 48.9. The maximum absolute atomic E-state index is 13.3. The Morgan fingerprint density at radius 3 is 1.33 bits per heavy atom. The summed E-state index contributed by atoms with van der Waals surface area (Å²) in [5, 5.41) is 29.0. The summed E-state index contributed by atoms with van der Waals surface area (Å²) in [6, 6.07) is 30.0. The number of hydrogen-bond donors (Lipinski definition) is 8. The minimum Gasteiger partial charge on any atom is -0.493 e. The molecule has 4 aliphatic rings. The van der Waals surface area contributed by atoms with Gasteiger partial charge in [-0.25, -0.2) is 0 Å². The number of aromatic amines is 3. The smallest absolute Gasteiger partial charge is 0.416 e. The first-order valence-electron chi connectivity index (χ1n) is 33.0. The van der Waals surface area contributed by atoms with E-state index in [2.05, 4.69) is 30.9 Å². The molecular formula is C76H70F9N7O11. The number of carbonyl (C=O) groups is 3. The van der Waals surface area contributed by atoms with E-state index in [4.69, 9.17) is 14.2 Å². The number of nitrogens with zero attached hydrogens (tertiary/aromatic N) is 1. The van der Waals surface area contributed by atoms with Gasteiger partial charge in [-0.15, -0.1) is 0 Å². The largest absolute Gasteiger partial charge is 0.493 e. The second-order valence-corrected chi connectivity index (χ2v) is 25.5. The number of ether oxygens (including phenoxy) is 3. The molecule has 13 rings (SSSR count). The lowest BCUT2D eigenvalue weighted by Crippen LogP contribution is -2.45. The number of aliphatic hydroxyl groups excluding tert-OH is 2. The van der Waals surface area contributed by atoms with Gasteiger partial charge in [0.25, 0.3) is 16.7 Å². The molecule has 0 bridgehead atoms. The van der Waals surface area contributed by atoms with Crippen LogP contribution in [0.4, 0.5) is 62.3 Å². The zero-order chi connectivity index (χ0) is 73.9. The van der Waals surface area contributed by atoms with Crippen LogP contribution in [0.25, 0.3) is 49.4 Å². The normalized spacial score (nSPS) is 16.3. The number of nitrogens with one attached hydrogen (secondary N) is 6. The zero-order valence-corrected chi connectivity index (χ0v) is 56.0. The molecule has 27 heteroatoms. The highest BCUT2D eigenvalue weighted by Crippen LogP contribution is 2.51. The Morgan fingerprint density at radius 1 is 0.505 bits per heavy atom. The third-order valence-corrected chi connectivity index (χ3v) is 18.7. The van der Waals surface area contributed by atoms with Gasteiger partial charge in [0, 0.05) is 94.9 Å². The van der Waals surface area contributed by atoms with Crippen molar-refractivity contribution in [2.75, 3.05) is 41.0 Å². The van der Waals surface area contributed by atoms with Crippen LogP contribution in [0.5, 0.6) is 17.2 Å². The second-order valence-electron chi connectivity index (χ2n) is 25.5. The maximum atomic E-state index is 13.3. The Hall–Kier alpha value is -10.9. The number of alkyl halides is 9. The highest BCUT2D eigenvalue weighted by atomic mass is 19.4. The molecule has 3 amide bonds. The van der Waals surface area contributed by atoms with Gasteiger partial charge in [0.1, 0.15) is 34.1 Å². The molecule has 9 aromatic rings. The summed E-state index contributed by atoms with van der Waals surface area (Å²) in [5.41, 5.74) is 2.42. The lowest BCUT2D eigenvalue weighted by molar-refractivity contribution is -0.138. The molecule has 1 fully saturated rings. The van der Waals surface area contributed by atoms with Crippen molar-refractivity contribution in [1.29, 1.82) is 0 Å². The number of hydrogen-bond acceptors (Lipinski definition) is 12. The van der Waals surface area contributed by atoms with E-state index in [0.29, 0.717) is 129 Å². The molecule has 6 aromatic carbocycles. The van der Waals surface area contributed by atoms with Crippen LogP contribution in [0.1, 0.15) is 123 Å². The molecule has 538 valence electrons. The Balaban J connectivity index is 0.000000155. The molecule has 0 radical (unpaired) electrons. The van der Waals surface area contributed by atoms with E-state index in [1.54, 1.807) is 72.8 Å². The number of fused-ring (bicyclic) bond motifs is 6. The number of benzene rings is 6. The van der Waals surface area contributed by atoms with Gasteiger partial charge in [-0.2, -0.15) is 39.5 Å². The van der Waals surface area contributed by atoms with Crippen LogP contribution in [0.15, 0.2) is 160 Å². The number of rotatable bonds is 12. The Kier molecular flexibility index (Phi) is 21.0. The summed E-state index contributed by atoms with van der Waals surface area (Å²) in [5.74, 6) is -0.956. The van der Waals surface area contributed by atoms with Gasteiger partial charge < -0.3 is 60.2 Å². The summed E-state index contributed by atoms with van der Waals surface area (Å²) < 4.78 is 136. The van der Waals surface area contributed by atoms with Crippen LogP contribution in [-0.2, 0) is 46.1 Å². The predicted octanol–water partition coefficient (Wildman–Crippen LogP) is 15.4. The fourth-order valence-corrected chi connectivity index (χ4v) is 12.7. The van der Waals surface area contributed by atoms with Gasteiger partial charge in [0.2, 0.25) is 17.7 Å². The van der Waals surface area contributed by atoms with Gasteiger partial charge in [-0.1, -0.05) is 50.2 Å². The highest BCUT2D eigenvalue weighted by Gasteiger charge is 2.45. The second kappa shape index (κ2) is 29.6. The SMILES string of the molecule is CCC1(CC)C/C(=C\C(=O)Nc2ccc3cc(CO)c(=O)[nH]c3c2)c2ccc(C(F)(F)F)cc2O1.CCN(C)c1cc2ccc(NC(=O)/C=C3\CCCOc4cc(C(F)(F)F)ccc43)cc2[nH]c1=O.O=C(/C=C1\CC2(CCC2)Oc2cc(C(F)(F)F)ccc21)Nc1ccc2cc(CO)c(=O)[nH]c2c1. The van der Waals surface area contributed by atoms with Gasteiger partial charge in [-0.3, -0.25) is 28.8 Å². The average molecular weight is 1430 g/mol. The van der Waals surface area contributed by atoms with Gasteiger partial charge in [0.05, 0.1) is 53.1 Å². The van der Waals surface area contributed by atoms with Crippen molar-refractivity contribution in [2.45, 2.75) is 122 Å². The number of aromatic nitrogens is 3. The number of allylic oxidation sites excluding steroid dienone is 1. The molecular weight excluding hydrogens is 1360 g/mol. The lowest BCUT2D eigenvalue weighted by Gasteiger charge is -2.46. The molecule has 1 aliphatic carbocycles. The number of H-pyrrole nitrogens is 3. The molecule has 1 spiro atoms. The summed E-state index contributed by atoms with van der Waals surface area (Å²) in [7, 11) is 1.83. The quantitative estimate of drug-likeness (QED) is 0.0420. The number of amides is 3. The van der Waals surface area contributed by atoms with E-state index in [1.165, 1.54) is 36.4 Å². The lowest BCUT2D eigenvalue weighted by atomic mass is 9.72. The van der Waals surface area contributed by atoms with E-state index in [9.17, 15) is 78.5 Å². The molecule has 0 atom stereocenters. The van der Waals surface area contributed by atoms with Crippen LogP contribution in [0.2, 0.25) is 0 Å². The van der Waals surface area contributed by atoms with Crippen LogP contribution in [-0.4, -0.2) is 74.3 Å². The summed E-state index contributed by atoms with van der Waals surface area (Å²) in [6.07, 6.45) is -3.95. The molecule has 0 saturated heterocycles. The van der Waals surface area contributed by atoms with Crippen LogP contribution in [0.3, 0.4) is 0 Å². The molecule has 8 N–H and O–H groups in total. The minimum absolute atomic E-state index is 0.108. The molecule has 3 aromatic heterocycles. The molecule has 0 unspecified atom stereocenters. The third kappa shape index (κ3) is 16.7. The summed E-state index contributed by atoms with van der Waals surface area (Å²) in [4.78, 5) is 84.8. The fraction of sp³-hybridized carbons (Fsp3) is 0.289. The third-order valence-electron chi connectivity index (χ3n) is 18.7. The van der Waals surface area contributed by atoms with E-state index >= 15 is 0 Å². The van der Waals surface area contributed by atoms with E-state index < -0.39 is 75.3 Å². The average Bonchev–Trinajstić information content (AvgIpc) is 1.03. The minimum atomic E-state index is -4.51. The van der Waals surface area contributed by atoms with Crippen LogP contribution < -0.4 is 51.7 Å². The maximum Gasteiger partial charge on any atom is 0.416 e. The van der Waals surface area contributed by atoms with Crippen molar-refractivity contribution in [2.24, 2.45) is 0 Å². The van der Waals surface area contributed by atoms with Gasteiger partial charge in [-0.05, 0) is 170 Å². The van der Waals surface area contributed by atoms with Crippen molar-refractivity contribution in [3.05, 3.63) is 221 Å². The van der Waals surface area contributed by atoms with Crippen molar-refractivity contribution in [3.8, 4) is 17.2 Å². The zero-order valence-electron chi connectivity index (χ0n) is 56.0. The fourth-order valence-electron chi connectivity index (χ4n) is 12.7. The topological polar surface area (TPSA) is 257 Å². The number of anilines is 4. The molecule has 6 heterocycles. The first kappa shape index (κ1) is 73.3. The van der Waals surface area contributed by atoms with Crippen molar-refractivity contribution in [3.63, 3.8) is 0 Å². The van der Waals surface area contributed by atoms with Crippen LogP contribution in [0, 0.1) is 0 Å². The number of pyridine rings is 3. The van der Waals surface area contributed by atoms with Crippen LogP contribution >= 0.6 is 0 Å². The Labute approximate surface area is 581 Å². The van der Waals surface area contributed by atoms with Crippen molar-refractivity contribution >= 4 is 89.9 Å². The first-order valence-corrected chi connectivity index (χ1v) is 33.0. The van der Waals surface area contributed by atoms with Crippen molar-refractivity contribution in [1.82, 2.24) is 15.0 Å². The van der Waals surface area contributed by atoms with Gasteiger partial charge in [0.15, 0.2) is 0 Å². The number of carbonyl (C=O) groups excluding carboxylic acids is 3. The Bertz CT molecular complexity index is 5080. The predicted molar refractivity (Wildman–Crippen MR) is 374 cm³/mol.